The average molecular weight is 195 g/mol. The summed E-state index contributed by atoms with van der Waals surface area (Å²) in [5.41, 5.74) is 0.759. The van der Waals surface area contributed by atoms with Crippen molar-refractivity contribution in [1.29, 1.82) is 0 Å². The van der Waals surface area contributed by atoms with Gasteiger partial charge < -0.3 is 5.32 Å². The van der Waals surface area contributed by atoms with Crippen LogP contribution in [0.3, 0.4) is 0 Å². The van der Waals surface area contributed by atoms with Crippen LogP contribution >= 0.6 is 0 Å². The van der Waals surface area contributed by atoms with Crippen LogP contribution in [0, 0.1) is 23.2 Å². The zero-order valence-corrected chi connectivity index (χ0v) is 9.97. The van der Waals surface area contributed by atoms with Crippen LogP contribution in [0.2, 0.25) is 0 Å². The Kier molecular flexibility index (Phi) is 2.88. The first-order chi connectivity index (χ1) is 6.68. The highest BCUT2D eigenvalue weighted by Crippen LogP contribution is 2.57. The van der Waals surface area contributed by atoms with Crippen LogP contribution in [0.4, 0.5) is 0 Å². The molecule has 2 aliphatic rings. The lowest BCUT2D eigenvalue weighted by Crippen LogP contribution is -2.53. The maximum absolute atomic E-state index is 3.55. The zero-order valence-electron chi connectivity index (χ0n) is 9.97. The van der Waals surface area contributed by atoms with E-state index in [-0.39, 0.29) is 0 Å². The average Bonchev–Trinajstić information content (AvgIpc) is 2.13. The van der Waals surface area contributed by atoms with Gasteiger partial charge >= 0.3 is 0 Å². The summed E-state index contributed by atoms with van der Waals surface area (Å²) in [7, 11) is 0. The lowest BCUT2D eigenvalue weighted by atomic mass is 9.51. The molecule has 2 fully saturated rings. The van der Waals surface area contributed by atoms with Gasteiger partial charge in [0.25, 0.3) is 0 Å². The first kappa shape index (κ1) is 10.5. The Balaban J connectivity index is 1.96. The second-order valence-corrected chi connectivity index (χ2v) is 5.83. The van der Waals surface area contributed by atoms with Crippen molar-refractivity contribution in [3.63, 3.8) is 0 Å². The third-order valence-electron chi connectivity index (χ3n) is 4.83. The number of hydrogen-bond acceptors (Lipinski definition) is 1. The highest BCUT2D eigenvalue weighted by molar-refractivity contribution is 5.01. The van der Waals surface area contributed by atoms with E-state index in [2.05, 4.69) is 26.1 Å². The third-order valence-corrected chi connectivity index (χ3v) is 4.83. The summed E-state index contributed by atoms with van der Waals surface area (Å²) in [4.78, 5) is 0. The van der Waals surface area contributed by atoms with Crippen molar-refractivity contribution in [1.82, 2.24) is 5.32 Å². The molecule has 1 saturated carbocycles. The van der Waals surface area contributed by atoms with Crippen LogP contribution in [0.25, 0.3) is 0 Å². The van der Waals surface area contributed by atoms with Crippen molar-refractivity contribution in [2.45, 2.75) is 46.5 Å². The molecule has 1 aliphatic carbocycles. The van der Waals surface area contributed by atoms with E-state index >= 15 is 0 Å². The summed E-state index contributed by atoms with van der Waals surface area (Å²) in [6.07, 6.45) is 5.85. The van der Waals surface area contributed by atoms with Gasteiger partial charge in [-0.2, -0.15) is 0 Å². The van der Waals surface area contributed by atoms with Crippen LogP contribution < -0.4 is 5.32 Å². The Labute approximate surface area is 88.7 Å². The molecule has 82 valence electrons. The van der Waals surface area contributed by atoms with E-state index in [1.807, 2.05) is 0 Å². The molecule has 1 atom stereocenters. The van der Waals surface area contributed by atoms with Crippen molar-refractivity contribution in [2.24, 2.45) is 23.2 Å². The Morgan fingerprint density at radius 3 is 2.64 bits per heavy atom. The number of hydrogen-bond donors (Lipinski definition) is 1. The van der Waals surface area contributed by atoms with E-state index in [1.165, 1.54) is 38.8 Å². The molecule has 14 heavy (non-hydrogen) atoms. The van der Waals surface area contributed by atoms with Gasteiger partial charge in [0.15, 0.2) is 0 Å². The maximum Gasteiger partial charge on any atom is -0.00153 e. The topological polar surface area (TPSA) is 12.0 Å². The molecule has 1 unspecified atom stereocenters. The fraction of sp³-hybridized carbons (Fsp3) is 1.00. The minimum atomic E-state index is 0.759. The fourth-order valence-electron chi connectivity index (χ4n) is 3.61. The highest BCUT2D eigenvalue weighted by Gasteiger charge is 2.49. The van der Waals surface area contributed by atoms with Gasteiger partial charge in [-0.3, -0.25) is 0 Å². The summed E-state index contributed by atoms with van der Waals surface area (Å²) in [5.74, 6) is 2.90. The van der Waals surface area contributed by atoms with E-state index in [4.69, 9.17) is 0 Å². The molecule has 0 aromatic rings. The van der Waals surface area contributed by atoms with Gasteiger partial charge in [0.05, 0.1) is 0 Å². The van der Waals surface area contributed by atoms with E-state index in [1.54, 1.807) is 0 Å². The Hall–Kier alpha value is -0.0400. The zero-order chi connectivity index (χ0) is 10.2. The van der Waals surface area contributed by atoms with Crippen LogP contribution in [0.5, 0.6) is 0 Å². The SMILES string of the molecule is CCC1CNCCC12CC(C(C)C)C2. The van der Waals surface area contributed by atoms with Gasteiger partial charge in [-0.05, 0) is 55.5 Å². The van der Waals surface area contributed by atoms with Crippen LogP contribution in [0.15, 0.2) is 0 Å². The van der Waals surface area contributed by atoms with Gasteiger partial charge in [-0.1, -0.05) is 27.2 Å². The molecule has 0 aromatic carbocycles. The summed E-state index contributed by atoms with van der Waals surface area (Å²) < 4.78 is 0. The minimum absolute atomic E-state index is 0.759. The van der Waals surface area contributed by atoms with Crippen molar-refractivity contribution in [3.05, 3.63) is 0 Å². The molecule has 1 heterocycles. The molecule has 1 spiro atoms. The largest absolute Gasteiger partial charge is 0.316 e. The maximum atomic E-state index is 3.55. The lowest BCUT2D eigenvalue weighted by molar-refractivity contribution is -0.0518. The van der Waals surface area contributed by atoms with E-state index in [0.717, 1.165) is 23.2 Å². The first-order valence-electron chi connectivity index (χ1n) is 6.38. The molecule has 0 aromatic heterocycles. The quantitative estimate of drug-likeness (QED) is 0.714. The molecule has 1 N–H and O–H groups in total. The molecular formula is C13H25N. The predicted molar refractivity (Wildman–Crippen MR) is 61.3 cm³/mol. The summed E-state index contributed by atoms with van der Waals surface area (Å²) >= 11 is 0. The number of piperidine rings is 1. The molecule has 0 radical (unpaired) electrons. The first-order valence-corrected chi connectivity index (χ1v) is 6.38. The smallest absolute Gasteiger partial charge is 0.00153 e. The van der Waals surface area contributed by atoms with Crippen LogP contribution in [-0.2, 0) is 0 Å². The van der Waals surface area contributed by atoms with Crippen molar-refractivity contribution in [2.75, 3.05) is 13.1 Å². The molecule has 1 saturated heterocycles. The summed E-state index contributed by atoms with van der Waals surface area (Å²) in [5, 5.41) is 3.55. The number of nitrogens with one attached hydrogen (secondary N) is 1. The van der Waals surface area contributed by atoms with Crippen molar-refractivity contribution < 1.29 is 0 Å². The van der Waals surface area contributed by atoms with Gasteiger partial charge in [-0.15, -0.1) is 0 Å². The normalized spacial score (nSPS) is 42.9. The van der Waals surface area contributed by atoms with Gasteiger partial charge in [0.1, 0.15) is 0 Å². The van der Waals surface area contributed by atoms with Crippen LogP contribution in [0.1, 0.15) is 46.5 Å². The predicted octanol–water partition coefficient (Wildman–Crippen LogP) is 3.06. The monoisotopic (exact) mass is 195 g/mol. The standard InChI is InChI=1S/C13H25N/c1-4-12-9-14-6-5-13(12)7-11(8-13)10(2)3/h10-12,14H,4-9H2,1-3H3. The molecule has 2 rings (SSSR count). The van der Waals surface area contributed by atoms with Gasteiger partial charge in [0, 0.05) is 0 Å². The van der Waals surface area contributed by atoms with Crippen LogP contribution in [-0.4, -0.2) is 13.1 Å². The van der Waals surface area contributed by atoms with Gasteiger partial charge in [0.2, 0.25) is 0 Å². The molecular weight excluding hydrogens is 170 g/mol. The van der Waals surface area contributed by atoms with E-state index < -0.39 is 0 Å². The van der Waals surface area contributed by atoms with Crippen molar-refractivity contribution in [3.8, 4) is 0 Å². The summed E-state index contributed by atoms with van der Waals surface area (Å²) in [6.45, 7) is 9.68. The second-order valence-electron chi connectivity index (χ2n) is 5.83. The van der Waals surface area contributed by atoms with Gasteiger partial charge in [-0.25, -0.2) is 0 Å². The molecule has 1 aliphatic heterocycles. The second kappa shape index (κ2) is 3.84. The Morgan fingerprint density at radius 1 is 1.36 bits per heavy atom. The fourth-order valence-corrected chi connectivity index (χ4v) is 3.61. The Bertz CT molecular complexity index is 191. The molecule has 0 amide bonds. The molecule has 0 bridgehead atoms. The number of rotatable bonds is 2. The lowest BCUT2D eigenvalue weighted by Gasteiger charge is -2.56. The van der Waals surface area contributed by atoms with Crippen molar-refractivity contribution >= 4 is 0 Å². The molecule has 1 heteroatoms. The highest BCUT2D eigenvalue weighted by atomic mass is 14.9. The molecule has 1 nitrogen and oxygen atoms in total. The summed E-state index contributed by atoms with van der Waals surface area (Å²) in [6, 6.07) is 0. The Morgan fingerprint density at radius 2 is 2.07 bits per heavy atom. The van der Waals surface area contributed by atoms with E-state index in [9.17, 15) is 0 Å². The third kappa shape index (κ3) is 1.60. The minimum Gasteiger partial charge on any atom is -0.316 e. The van der Waals surface area contributed by atoms with E-state index in [0.29, 0.717) is 0 Å².